The number of halogens is 1. The SMILES string of the molecule is O=[N+]([O-])c1cc(Br)ccc1N(CC1CCNCC1)C1CC1. The van der Waals surface area contributed by atoms with Crippen molar-refractivity contribution in [2.24, 2.45) is 5.92 Å². The van der Waals surface area contributed by atoms with E-state index in [2.05, 4.69) is 26.1 Å². The monoisotopic (exact) mass is 353 g/mol. The van der Waals surface area contributed by atoms with Crippen LogP contribution in [0.25, 0.3) is 0 Å². The summed E-state index contributed by atoms with van der Waals surface area (Å²) >= 11 is 3.33. The fourth-order valence-electron chi connectivity index (χ4n) is 3.06. The third kappa shape index (κ3) is 3.55. The molecule has 6 heteroatoms. The van der Waals surface area contributed by atoms with Crippen LogP contribution in [-0.2, 0) is 0 Å². The van der Waals surface area contributed by atoms with Crippen molar-refractivity contribution in [1.29, 1.82) is 0 Å². The fraction of sp³-hybridized carbons (Fsp3) is 0.600. The molecule has 0 amide bonds. The van der Waals surface area contributed by atoms with Gasteiger partial charge in [-0.05, 0) is 56.8 Å². The molecule has 0 radical (unpaired) electrons. The van der Waals surface area contributed by atoms with E-state index in [0.717, 1.165) is 55.5 Å². The lowest BCUT2D eigenvalue weighted by Crippen LogP contribution is -2.37. The Morgan fingerprint density at radius 1 is 1.29 bits per heavy atom. The summed E-state index contributed by atoms with van der Waals surface area (Å²) < 4.78 is 0.760. The van der Waals surface area contributed by atoms with E-state index < -0.39 is 0 Å². The van der Waals surface area contributed by atoms with Crippen molar-refractivity contribution in [3.05, 3.63) is 32.8 Å². The first kappa shape index (κ1) is 14.8. The van der Waals surface area contributed by atoms with Gasteiger partial charge in [0.2, 0.25) is 0 Å². The summed E-state index contributed by atoms with van der Waals surface area (Å²) in [6.07, 6.45) is 4.62. The van der Waals surface area contributed by atoms with Crippen LogP contribution in [0, 0.1) is 16.0 Å². The molecule has 0 spiro atoms. The Morgan fingerprint density at radius 2 is 2.00 bits per heavy atom. The summed E-state index contributed by atoms with van der Waals surface area (Å²) in [7, 11) is 0. The molecule has 0 atom stereocenters. The van der Waals surface area contributed by atoms with Gasteiger partial charge in [0.05, 0.1) is 4.92 Å². The zero-order chi connectivity index (χ0) is 14.8. The van der Waals surface area contributed by atoms with E-state index in [1.54, 1.807) is 6.07 Å². The van der Waals surface area contributed by atoms with Crippen LogP contribution >= 0.6 is 15.9 Å². The van der Waals surface area contributed by atoms with Gasteiger partial charge < -0.3 is 10.2 Å². The van der Waals surface area contributed by atoms with Crippen LogP contribution in [-0.4, -0.2) is 30.6 Å². The van der Waals surface area contributed by atoms with E-state index >= 15 is 0 Å². The molecule has 114 valence electrons. The first-order valence-electron chi connectivity index (χ1n) is 7.56. The standard InChI is InChI=1S/C15H20BrN3O2/c16-12-1-4-14(15(9-12)19(20)21)18(13-2-3-13)10-11-5-7-17-8-6-11/h1,4,9,11,13,17H,2-3,5-8,10H2. The molecule has 0 aromatic heterocycles. The fourth-order valence-corrected chi connectivity index (χ4v) is 3.41. The highest BCUT2D eigenvalue weighted by Gasteiger charge is 2.34. The summed E-state index contributed by atoms with van der Waals surface area (Å²) in [5, 5.41) is 14.7. The molecular formula is C15H20BrN3O2. The number of nitro benzene ring substituents is 1. The predicted octanol–water partition coefficient (Wildman–Crippen LogP) is 3.33. The maximum absolute atomic E-state index is 11.4. The Bertz CT molecular complexity index is 528. The minimum absolute atomic E-state index is 0.213. The largest absolute Gasteiger partial charge is 0.363 e. The zero-order valence-electron chi connectivity index (χ0n) is 11.9. The lowest BCUT2D eigenvalue weighted by atomic mass is 9.97. The van der Waals surface area contributed by atoms with Crippen molar-refractivity contribution in [2.75, 3.05) is 24.5 Å². The Balaban J connectivity index is 1.85. The highest BCUT2D eigenvalue weighted by molar-refractivity contribution is 9.10. The molecule has 1 aromatic rings. The highest BCUT2D eigenvalue weighted by Crippen LogP contribution is 2.39. The third-order valence-corrected chi connectivity index (χ3v) is 4.84. The Morgan fingerprint density at radius 3 is 2.62 bits per heavy atom. The molecule has 21 heavy (non-hydrogen) atoms. The summed E-state index contributed by atoms with van der Waals surface area (Å²) in [6, 6.07) is 5.90. The van der Waals surface area contributed by atoms with E-state index in [1.165, 1.54) is 0 Å². The van der Waals surface area contributed by atoms with Crippen LogP contribution in [0.5, 0.6) is 0 Å². The summed E-state index contributed by atoms with van der Waals surface area (Å²) in [6.45, 7) is 3.06. The van der Waals surface area contributed by atoms with E-state index in [-0.39, 0.29) is 10.6 Å². The van der Waals surface area contributed by atoms with Crippen LogP contribution in [0.1, 0.15) is 25.7 Å². The van der Waals surface area contributed by atoms with Gasteiger partial charge in [-0.1, -0.05) is 15.9 Å². The highest BCUT2D eigenvalue weighted by atomic mass is 79.9. The minimum atomic E-state index is -0.266. The molecule has 3 rings (SSSR count). The van der Waals surface area contributed by atoms with Crippen LogP contribution in [0.2, 0.25) is 0 Å². The summed E-state index contributed by atoms with van der Waals surface area (Å²) in [5.74, 6) is 0.634. The lowest BCUT2D eigenvalue weighted by molar-refractivity contribution is -0.384. The smallest absolute Gasteiger partial charge is 0.293 e. The third-order valence-electron chi connectivity index (χ3n) is 4.34. The molecule has 1 heterocycles. The molecule has 5 nitrogen and oxygen atoms in total. The van der Waals surface area contributed by atoms with E-state index in [4.69, 9.17) is 0 Å². The van der Waals surface area contributed by atoms with Crippen LogP contribution in [0.4, 0.5) is 11.4 Å². The molecule has 0 bridgehead atoms. The molecule has 1 N–H and O–H groups in total. The van der Waals surface area contributed by atoms with Gasteiger partial charge in [-0.2, -0.15) is 0 Å². The van der Waals surface area contributed by atoms with Gasteiger partial charge in [0.1, 0.15) is 5.69 Å². The molecule has 0 unspecified atom stereocenters. The Hall–Kier alpha value is -1.14. The van der Waals surface area contributed by atoms with Gasteiger partial charge in [0, 0.05) is 23.1 Å². The number of rotatable bonds is 5. The maximum atomic E-state index is 11.4. The van der Waals surface area contributed by atoms with E-state index in [1.807, 2.05) is 12.1 Å². The van der Waals surface area contributed by atoms with Crippen LogP contribution in [0.15, 0.2) is 22.7 Å². The van der Waals surface area contributed by atoms with Crippen LogP contribution < -0.4 is 10.2 Å². The summed E-state index contributed by atoms with van der Waals surface area (Å²) in [5.41, 5.74) is 0.995. The lowest BCUT2D eigenvalue weighted by Gasteiger charge is -2.31. The number of hydrogen-bond donors (Lipinski definition) is 1. The molecular weight excluding hydrogens is 334 g/mol. The second kappa shape index (κ2) is 6.32. The molecule has 1 aliphatic heterocycles. The Kier molecular flexibility index (Phi) is 4.45. The normalized spacial score (nSPS) is 19.5. The molecule has 1 saturated heterocycles. The number of anilines is 1. The van der Waals surface area contributed by atoms with Crippen molar-refractivity contribution < 1.29 is 4.92 Å². The quantitative estimate of drug-likeness (QED) is 0.651. The first-order valence-corrected chi connectivity index (χ1v) is 8.36. The molecule has 2 fully saturated rings. The Labute approximate surface area is 133 Å². The molecule has 2 aliphatic rings. The van der Waals surface area contributed by atoms with Gasteiger partial charge >= 0.3 is 0 Å². The minimum Gasteiger partial charge on any atom is -0.363 e. The van der Waals surface area contributed by atoms with Gasteiger partial charge in [-0.15, -0.1) is 0 Å². The number of nitrogens with one attached hydrogen (secondary N) is 1. The van der Waals surface area contributed by atoms with E-state index in [0.29, 0.717) is 12.0 Å². The molecule has 1 saturated carbocycles. The van der Waals surface area contributed by atoms with Crippen molar-refractivity contribution in [1.82, 2.24) is 5.32 Å². The molecule has 1 aromatic carbocycles. The predicted molar refractivity (Wildman–Crippen MR) is 86.8 cm³/mol. The van der Waals surface area contributed by atoms with Crippen LogP contribution in [0.3, 0.4) is 0 Å². The zero-order valence-corrected chi connectivity index (χ0v) is 13.5. The van der Waals surface area contributed by atoms with Crippen molar-refractivity contribution >= 4 is 27.3 Å². The molecule has 1 aliphatic carbocycles. The number of hydrogen-bond acceptors (Lipinski definition) is 4. The summed E-state index contributed by atoms with van der Waals surface area (Å²) in [4.78, 5) is 13.4. The average Bonchev–Trinajstić information content (AvgIpc) is 3.31. The number of piperidine rings is 1. The first-order chi connectivity index (χ1) is 10.1. The van der Waals surface area contributed by atoms with Gasteiger partial charge in [-0.25, -0.2) is 0 Å². The van der Waals surface area contributed by atoms with Gasteiger partial charge in [0.25, 0.3) is 5.69 Å². The second-order valence-electron chi connectivity index (χ2n) is 5.97. The van der Waals surface area contributed by atoms with Crippen molar-refractivity contribution in [3.63, 3.8) is 0 Å². The number of nitro groups is 1. The maximum Gasteiger partial charge on any atom is 0.293 e. The van der Waals surface area contributed by atoms with Gasteiger partial charge in [0.15, 0.2) is 0 Å². The topological polar surface area (TPSA) is 58.4 Å². The second-order valence-corrected chi connectivity index (χ2v) is 6.88. The number of nitrogens with zero attached hydrogens (tertiary/aromatic N) is 2. The van der Waals surface area contributed by atoms with E-state index in [9.17, 15) is 10.1 Å². The van der Waals surface area contributed by atoms with Gasteiger partial charge in [-0.3, -0.25) is 10.1 Å². The van der Waals surface area contributed by atoms with Crippen molar-refractivity contribution in [3.8, 4) is 0 Å². The number of benzene rings is 1. The average molecular weight is 354 g/mol. The van der Waals surface area contributed by atoms with Crippen molar-refractivity contribution in [2.45, 2.75) is 31.7 Å².